The lowest BCUT2D eigenvalue weighted by Gasteiger charge is -2.31. The Morgan fingerprint density at radius 2 is 2.45 bits per heavy atom. The molecule has 0 spiro atoms. The minimum Gasteiger partial charge on any atom is -0.360 e. The van der Waals surface area contributed by atoms with Crippen molar-refractivity contribution in [2.24, 2.45) is 11.7 Å². The molecule has 1 aromatic heterocycles. The monoisotopic (exact) mass is 302 g/mol. The normalized spacial score (nSPS) is 19.4. The fraction of sp³-hybridized carbons (Fsp3) is 0.692. The number of aryl methyl sites for hydroxylation is 1. The molecule has 0 saturated carbocycles. The first-order valence-corrected chi connectivity index (χ1v) is 6.83. The fourth-order valence-electron chi connectivity index (χ4n) is 2.58. The summed E-state index contributed by atoms with van der Waals surface area (Å²) in [7, 11) is 0. The van der Waals surface area contributed by atoms with E-state index in [4.69, 9.17) is 10.3 Å². The van der Waals surface area contributed by atoms with Crippen LogP contribution < -0.4 is 11.1 Å². The number of aromatic nitrogens is 1. The lowest BCUT2D eigenvalue weighted by Crippen LogP contribution is -2.41. The van der Waals surface area contributed by atoms with E-state index in [1.807, 2.05) is 0 Å². The quantitative estimate of drug-likeness (QED) is 0.859. The molecule has 1 fully saturated rings. The molecular formula is C13H23ClN4O2. The fourth-order valence-corrected chi connectivity index (χ4v) is 2.58. The van der Waals surface area contributed by atoms with Gasteiger partial charge in [-0.15, -0.1) is 12.4 Å². The third-order valence-electron chi connectivity index (χ3n) is 3.44. The summed E-state index contributed by atoms with van der Waals surface area (Å²) in [6.07, 6.45) is 3.40. The third kappa shape index (κ3) is 5.11. The van der Waals surface area contributed by atoms with Gasteiger partial charge in [0.15, 0.2) is 5.82 Å². The SMILES string of the molecule is Cc1cc(NC(=O)CN2CCCC(CCN)C2)no1.Cl. The molecule has 114 valence electrons. The van der Waals surface area contributed by atoms with Gasteiger partial charge >= 0.3 is 0 Å². The van der Waals surface area contributed by atoms with Crippen molar-refractivity contribution in [2.45, 2.75) is 26.2 Å². The maximum absolute atomic E-state index is 11.9. The number of nitrogens with zero attached hydrogens (tertiary/aromatic N) is 2. The van der Waals surface area contributed by atoms with Gasteiger partial charge in [0.2, 0.25) is 5.91 Å². The van der Waals surface area contributed by atoms with E-state index in [1.54, 1.807) is 13.0 Å². The van der Waals surface area contributed by atoms with Gasteiger partial charge in [-0.25, -0.2) is 0 Å². The van der Waals surface area contributed by atoms with Crippen molar-refractivity contribution in [3.8, 4) is 0 Å². The molecule has 7 heteroatoms. The summed E-state index contributed by atoms with van der Waals surface area (Å²) in [6, 6.07) is 1.71. The Morgan fingerprint density at radius 1 is 1.65 bits per heavy atom. The number of carbonyl (C=O) groups is 1. The van der Waals surface area contributed by atoms with Crippen LogP contribution in [-0.4, -0.2) is 42.1 Å². The summed E-state index contributed by atoms with van der Waals surface area (Å²) in [4.78, 5) is 14.1. The smallest absolute Gasteiger partial charge is 0.239 e. The molecule has 1 aromatic rings. The van der Waals surface area contributed by atoms with E-state index in [1.165, 1.54) is 6.42 Å². The molecule has 0 aliphatic carbocycles. The average Bonchev–Trinajstić information content (AvgIpc) is 2.75. The van der Waals surface area contributed by atoms with Crippen molar-refractivity contribution in [1.82, 2.24) is 10.1 Å². The molecule has 1 amide bonds. The molecule has 1 unspecified atom stereocenters. The van der Waals surface area contributed by atoms with E-state index in [2.05, 4.69) is 15.4 Å². The molecule has 0 aromatic carbocycles. The van der Waals surface area contributed by atoms with E-state index in [-0.39, 0.29) is 18.3 Å². The van der Waals surface area contributed by atoms with Crippen LogP contribution in [0.15, 0.2) is 10.6 Å². The molecule has 6 nitrogen and oxygen atoms in total. The van der Waals surface area contributed by atoms with Gasteiger partial charge in [-0.3, -0.25) is 9.69 Å². The second kappa shape index (κ2) is 8.24. The lowest BCUT2D eigenvalue weighted by molar-refractivity contribution is -0.117. The van der Waals surface area contributed by atoms with Crippen LogP contribution in [0.1, 0.15) is 25.0 Å². The molecule has 2 heterocycles. The van der Waals surface area contributed by atoms with Gasteiger partial charge in [-0.05, 0) is 45.2 Å². The zero-order chi connectivity index (χ0) is 13.7. The first kappa shape index (κ1) is 16.9. The summed E-state index contributed by atoms with van der Waals surface area (Å²) >= 11 is 0. The van der Waals surface area contributed by atoms with E-state index >= 15 is 0 Å². The Kier molecular flexibility index (Phi) is 6.98. The largest absolute Gasteiger partial charge is 0.360 e. The summed E-state index contributed by atoms with van der Waals surface area (Å²) in [5.41, 5.74) is 5.59. The highest BCUT2D eigenvalue weighted by molar-refractivity contribution is 5.91. The Labute approximate surface area is 125 Å². The van der Waals surface area contributed by atoms with Gasteiger partial charge in [-0.1, -0.05) is 5.16 Å². The number of piperidine rings is 1. The Morgan fingerprint density at radius 3 is 3.10 bits per heavy atom. The van der Waals surface area contributed by atoms with E-state index in [9.17, 15) is 4.79 Å². The highest BCUT2D eigenvalue weighted by Crippen LogP contribution is 2.18. The third-order valence-corrected chi connectivity index (χ3v) is 3.44. The number of nitrogens with one attached hydrogen (secondary N) is 1. The van der Waals surface area contributed by atoms with Crippen molar-refractivity contribution < 1.29 is 9.32 Å². The van der Waals surface area contributed by atoms with Crippen LogP contribution in [0, 0.1) is 12.8 Å². The zero-order valence-corrected chi connectivity index (χ0v) is 12.6. The number of likely N-dealkylation sites (tertiary alicyclic amines) is 1. The summed E-state index contributed by atoms with van der Waals surface area (Å²) in [5.74, 6) is 1.76. The Bertz CT molecular complexity index is 422. The number of hydrogen-bond acceptors (Lipinski definition) is 5. The van der Waals surface area contributed by atoms with Gasteiger partial charge in [0.25, 0.3) is 0 Å². The second-order valence-electron chi connectivity index (χ2n) is 5.19. The Balaban J connectivity index is 0.00000200. The number of anilines is 1. The minimum atomic E-state index is -0.0401. The maximum atomic E-state index is 11.9. The average molecular weight is 303 g/mol. The number of hydrogen-bond donors (Lipinski definition) is 2. The van der Waals surface area contributed by atoms with Gasteiger partial charge < -0.3 is 15.6 Å². The number of nitrogens with two attached hydrogens (primary N) is 1. The maximum Gasteiger partial charge on any atom is 0.239 e. The van der Waals surface area contributed by atoms with Gasteiger partial charge in [0.05, 0.1) is 6.54 Å². The number of halogens is 1. The van der Waals surface area contributed by atoms with E-state index in [0.717, 1.165) is 32.5 Å². The van der Waals surface area contributed by atoms with Crippen LogP contribution in [0.5, 0.6) is 0 Å². The molecule has 1 saturated heterocycles. The number of rotatable bonds is 5. The van der Waals surface area contributed by atoms with E-state index in [0.29, 0.717) is 24.0 Å². The highest BCUT2D eigenvalue weighted by Gasteiger charge is 2.21. The molecule has 1 aliphatic rings. The zero-order valence-electron chi connectivity index (χ0n) is 11.8. The topological polar surface area (TPSA) is 84.4 Å². The lowest BCUT2D eigenvalue weighted by atomic mass is 9.95. The van der Waals surface area contributed by atoms with Crippen molar-refractivity contribution in [3.05, 3.63) is 11.8 Å². The molecule has 1 atom stereocenters. The van der Waals surface area contributed by atoms with Gasteiger partial charge in [0.1, 0.15) is 5.76 Å². The standard InChI is InChI=1S/C13H22N4O2.ClH/c1-10-7-12(16-19-10)15-13(18)9-17-6-2-3-11(8-17)4-5-14;/h7,11H,2-6,8-9,14H2,1H3,(H,15,16,18);1H. The first-order valence-electron chi connectivity index (χ1n) is 6.83. The predicted octanol–water partition coefficient (Wildman–Crippen LogP) is 1.40. The highest BCUT2D eigenvalue weighted by atomic mass is 35.5. The molecule has 1 aliphatic heterocycles. The van der Waals surface area contributed by atoms with Crippen LogP contribution in [0.25, 0.3) is 0 Å². The van der Waals surface area contributed by atoms with Crippen molar-refractivity contribution in [1.29, 1.82) is 0 Å². The number of amides is 1. The van der Waals surface area contributed by atoms with E-state index < -0.39 is 0 Å². The van der Waals surface area contributed by atoms with Crippen LogP contribution in [0.4, 0.5) is 5.82 Å². The Hall–Kier alpha value is -1.11. The minimum absolute atomic E-state index is 0. The van der Waals surface area contributed by atoms with Crippen molar-refractivity contribution >= 4 is 24.1 Å². The van der Waals surface area contributed by atoms with Gasteiger partial charge in [0, 0.05) is 12.6 Å². The van der Waals surface area contributed by atoms with Crippen LogP contribution in [0.2, 0.25) is 0 Å². The molecule has 3 N–H and O–H groups in total. The van der Waals surface area contributed by atoms with Crippen LogP contribution in [0.3, 0.4) is 0 Å². The van der Waals surface area contributed by atoms with Crippen molar-refractivity contribution in [3.63, 3.8) is 0 Å². The van der Waals surface area contributed by atoms with Crippen LogP contribution >= 0.6 is 12.4 Å². The molecule has 2 rings (SSSR count). The van der Waals surface area contributed by atoms with Crippen LogP contribution in [-0.2, 0) is 4.79 Å². The number of carbonyl (C=O) groups excluding carboxylic acids is 1. The first-order chi connectivity index (χ1) is 9.17. The predicted molar refractivity (Wildman–Crippen MR) is 80.0 cm³/mol. The summed E-state index contributed by atoms with van der Waals surface area (Å²) < 4.78 is 4.91. The summed E-state index contributed by atoms with van der Waals surface area (Å²) in [6.45, 7) is 4.87. The second-order valence-corrected chi connectivity index (χ2v) is 5.19. The molecular weight excluding hydrogens is 280 g/mol. The molecule has 0 radical (unpaired) electrons. The molecule has 0 bridgehead atoms. The molecule has 20 heavy (non-hydrogen) atoms. The van der Waals surface area contributed by atoms with Gasteiger partial charge in [-0.2, -0.15) is 0 Å². The summed E-state index contributed by atoms with van der Waals surface area (Å²) in [5, 5.41) is 6.50. The van der Waals surface area contributed by atoms with Crippen molar-refractivity contribution in [2.75, 3.05) is 31.5 Å².